The standard InChI is InChI=1S/C14H23N3O2S/c1-11-9-17(2)8-7-14(11)16-20(18,19)10-12-3-5-13(15)6-4-12/h3-6,11,14,16H,7-10,15H2,1-2H3. The molecule has 1 aliphatic rings. The number of benzene rings is 1. The Morgan fingerprint density at radius 2 is 2.00 bits per heavy atom. The summed E-state index contributed by atoms with van der Waals surface area (Å²) in [6, 6.07) is 7.00. The Morgan fingerprint density at radius 1 is 1.35 bits per heavy atom. The number of hydrogen-bond donors (Lipinski definition) is 2. The molecule has 2 atom stereocenters. The molecule has 1 heterocycles. The molecule has 0 aromatic heterocycles. The van der Waals surface area contributed by atoms with E-state index >= 15 is 0 Å². The van der Waals surface area contributed by atoms with E-state index in [0.717, 1.165) is 25.1 Å². The second-order valence-electron chi connectivity index (χ2n) is 5.75. The van der Waals surface area contributed by atoms with Crippen LogP contribution in [0.25, 0.3) is 0 Å². The number of nitrogens with one attached hydrogen (secondary N) is 1. The van der Waals surface area contributed by atoms with Gasteiger partial charge in [-0.15, -0.1) is 0 Å². The zero-order valence-corrected chi connectivity index (χ0v) is 12.9. The minimum atomic E-state index is -3.31. The van der Waals surface area contributed by atoms with Gasteiger partial charge >= 0.3 is 0 Å². The molecular formula is C14H23N3O2S. The van der Waals surface area contributed by atoms with E-state index < -0.39 is 10.0 Å². The molecular weight excluding hydrogens is 274 g/mol. The molecule has 1 fully saturated rings. The van der Waals surface area contributed by atoms with Crippen molar-refractivity contribution in [3.8, 4) is 0 Å². The molecule has 112 valence electrons. The van der Waals surface area contributed by atoms with Crippen LogP contribution >= 0.6 is 0 Å². The summed E-state index contributed by atoms with van der Waals surface area (Å²) in [7, 11) is -1.24. The van der Waals surface area contributed by atoms with Gasteiger partial charge in [-0.25, -0.2) is 13.1 Å². The van der Waals surface area contributed by atoms with E-state index in [-0.39, 0.29) is 11.8 Å². The lowest BCUT2D eigenvalue weighted by atomic mass is 9.95. The average molecular weight is 297 g/mol. The van der Waals surface area contributed by atoms with Crippen LogP contribution in [-0.4, -0.2) is 39.5 Å². The van der Waals surface area contributed by atoms with Crippen LogP contribution in [0.1, 0.15) is 18.9 Å². The molecule has 20 heavy (non-hydrogen) atoms. The van der Waals surface area contributed by atoms with Crippen LogP contribution in [0, 0.1) is 5.92 Å². The van der Waals surface area contributed by atoms with Gasteiger partial charge in [-0.3, -0.25) is 0 Å². The molecule has 1 aliphatic heterocycles. The van der Waals surface area contributed by atoms with E-state index in [1.807, 2.05) is 0 Å². The van der Waals surface area contributed by atoms with Crippen molar-refractivity contribution in [3.05, 3.63) is 29.8 Å². The van der Waals surface area contributed by atoms with Gasteiger partial charge in [0.25, 0.3) is 0 Å². The topological polar surface area (TPSA) is 75.4 Å². The summed E-state index contributed by atoms with van der Waals surface area (Å²) >= 11 is 0. The highest BCUT2D eigenvalue weighted by Crippen LogP contribution is 2.17. The van der Waals surface area contributed by atoms with Crippen LogP contribution in [0.2, 0.25) is 0 Å². The minimum absolute atomic E-state index is 0.00629. The maximum atomic E-state index is 12.2. The SMILES string of the molecule is CC1CN(C)CCC1NS(=O)(=O)Cc1ccc(N)cc1. The van der Waals surface area contributed by atoms with Gasteiger partial charge in [-0.2, -0.15) is 0 Å². The van der Waals surface area contributed by atoms with Gasteiger partial charge < -0.3 is 10.6 Å². The lowest BCUT2D eigenvalue weighted by Crippen LogP contribution is -2.49. The van der Waals surface area contributed by atoms with Gasteiger partial charge in [0.2, 0.25) is 10.0 Å². The van der Waals surface area contributed by atoms with Crippen molar-refractivity contribution in [2.45, 2.75) is 25.1 Å². The molecule has 5 nitrogen and oxygen atoms in total. The predicted molar refractivity (Wildman–Crippen MR) is 81.7 cm³/mol. The minimum Gasteiger partial charge on any atom is -0.399 e. The molecule has 1 aromatic carbocycles. The fourth-order valence-electron chi connectivity index (χ4n) is 2.63. The molecule has 3 N–H and O–H groups in total. The summed E-state index contributed by atoms with van der Waals surface area (Å²) in [5.41, 5.74) is 7.00. The molecule has 6 heteroatoms. The van der Waals surface area contributed by atoms with Crippen molar-refractivity contribution in [2.24, 2.45) is 5.92 Å². The number of nitrogens with zero attached hydrogens (tertiary/aromatic N) is 1. The van der Waals surface area contributed by atoms with Crippen molar-refractivity contribution < 1.29 is 8.42 Å². The Balaban J connectivity index is 1.98. The molecule has 0 spiro atoms. The molecule has 2 rings (SSSR count). The first kappa shape index (κ1) is 15.3. The van der Waals surface area contributed by atoms with E-state index in [9.17, 15) is 8.42 Å². The fraction of sp³-hybridized carbons (Fsp3) is 0.571. The van der Waals surface area contributed by atoms with E-state index in [1.165, 1.54) is 0 Å². The molecule has 0 amide bonds. The van der Waals surface area contributed by atoms with Gasteiger partial charge in [0, 0.05) is 18.3 Å². The zero-order valence-electron chi connectivity index (χ0n) is 12.0. The number of nitrogen functional groups attached to an aromatic ring is 1. The highest BCUT2D eigenvalue weighted by Gasteiger charge is 2.27. The maximum Gasteiger partial charge on any atom is 0.216 e. The maximum absolute atomic E-state index is 12.2. The summed E-state index contributed by atoms with van der Waals surface area (Å²) in [6.45, 7) is 3.94. The van der Waals surface area contributed by atoms with Gasteiger partial charge in [-0.1, -0.05) is 19.1 Å². The number of piperidine rings is 1. The number of hydrogen-bond acceptors (Lipinski definition) is 4. The summed E-state index contributed by atoms with van der Waals surface area (Å²) in [5.74, 6) is 0.335. The Morgan fingerprint density at radius 3 is 2.60 bits per heavy atom. The van der Waals surface area contributed by atoms with E-state index in [1.54, 1.807) is 24.3 Å². The quantitative estimate of drug-likeness (QED) is 0.814. The normalized spacial score (nSPS) is 24.7. The zero-order chi connectivity index (χ0) is 14.8. The number of sulfonamides is 1. The van der Waals surface area contributed by atoms with Crippen LogP contribution in [0.3, 0.4) is 0 Å². The summed E-state index contributed by atoms with van der Waals surface area (Å²) in [5, 5.41) is 0. The lowest BCUT2D eigenvalue weighted by molar-refractivity contribution is 0.188. The fourth-order valence-corrected chi connectivity index (χ4v) is 4.16. The number of likely N-dealkylation sites (tertiary alicyclic amines) is 1. The highest BCUT2D eigenvalue weighted by atomic mass is 32.2. The molecule has 1 aromatic rings. The second-order valence-corrected chi connectivity index (χ2v) is 7.51. The Labute approximate surface area is 121 Å². The van der Waals surface area contributed by atoms with E-state index in [4.69, 9.17) is 5.73 Å². The molecule has 0 bridgehead atoms. The highest BCUT2D eigenvalue weighted by molar-refractivity contribution is 7.88. The van der Waals surface area contributed by atoms with Crippen LogP contribution in [0.4, 0.5) is 5.69 Å². The third-order valence-corrected chi connectivity index (χ3v) is 5.15. The van der Waals surface area contributed by atoms with Crippen molar-refractivity contribution in [2.75, 3.05) is 25.9 Å². The average Bonchev–Trinajstić information content (AvgIpc) is 2.35. The van der Waals surface area contributed by atoms with Crippen LogP contribution in [0.5, 0.6) is 0 Å². The molecule has 0 aliphatic carbocycles. The Hall–Kier alpha value is -1.11. The molecule has 0 radical (unpaired) electrons. The Bertz CT molecular complexity index is 542. The van der Waals surface area contributed by atoms with Crippen molar-refractivity contribution in [1.29, 1.82) is 0 Å². The summed E-state index contributed by atoms with van der Waals surface area (Å²) in [6.07, 6.45) is 0.860. The third kappa shape index (κ3) is 4.19. The van der Waals surface area contributed by atoms with Crippen molar-refractivity contribution in [3.63, 3.8) is 0 Å². The summed E-state index contributed by atoms with van der Waals surface area (Å²) < 4.78 is 27.3. The smallest absolute Gasteiger partial charge is 0.216 e. The van der Waals surface area contributed by atoms with Gasteiger partial charge in [-0.05, 0) is 43.6 Å². The predicted octanol–water partition coefficient (Wildman–Crippen LogP) is 1.03. The Kier molecular flexibility index (Phi) is 4.67. The number of anilines is 1. The lowest BCUT2D eigenvalue weighted by Gasteiger charge is -2.34. The first-order valence-electron chi connectivity index (χ1n) is 6.89. The molecule has 1 saturated heterocycles. The van der Waals surface area contributed by atoms with E-state index in [2.05, 4.69) is 23.6 Å². The van der Waals surface area contributed by atoms with Gasteiger partial charge in [0.15, 0.2) is 0 Å². The van der Waals surface area contributed by atoms with Crippen molar-refractivity contribution in [1.82, 2.24) is 9.62 Å². The first-order chi connectivity index (χ1) is 9.35. The van der Waals surface area contributed by atoms with Gasteiger partial charge in [0.05, 0.1) is 5.75 Å². The first-order valence-corrected chi connectivity index (χ1v) is 8.54. The second kappa shape index (κ2) is 6.11. The monoisotopic (exact) mass is 297 g/mol. The number of rotatable bonds is 4. The van der Waals surface area contributed by atoms with Crippen LogP contribution < -0.4 is 10.5 Å². The molecule has 0 saturated carbocycles. The van der Waals surface area contributed by atoms with Crippen LogP contribution in [0.15, 0.2) is 24.3 Å². The van der Waals surface area contributed by atoms with Crippen molar-refractivity contribution >= 4 is 15.7 Å². The third-order valence-electron chi connectivity index (χ3n) is 3.78. The number of nitrogens with two attached hydrogens (primary N) is 1. The van der Waals surface area contributed by atoms with E-state index in [0.29, 0.717) is 11.6 Å². The van der Waals surface area contributed by atoms with Crippen LogP contribution in [-0.2, 0) is 15.8 Å². The molecule has 2 unspecified atom stereocenters. The van der Waals surface area contributed by atoms with Gasteiger partial charge in [0.1, 0.15) is 0 Å². The largest absolute Gasteiger partial charge is 0.399 e. The summed E-state index contributed by atoms with van der Waals surface area (Å²) in [4.78, 5) is 2.23.